The van der Waals surface area contributed by atoms with Crippen molar-refractivity contribution in [3.8, 4) is 0 Å². The summed E-state index contributed by atoms with van der Waals surface area (Å²) in [5.74, 6) is -1.50. The van der Waals surface area contributed by atoms with E-state index < -0.39 is 27.9 Å². The van der Waals surface area contributed by atoms with Gasteiger partial charge in [0, 0.05) is 29.2 Å². The van der Waals surface area contributed by atoms with Gasteiger partial charge in [0.1, 0.15) is 6.04 Å². The average molecular weight is 624 g/mol. The van der Waals surface area contributed by atoms with E-state index in [-0.39, 0.29) is 39.2 Å². The first-order valence-corrected chi connectivity index (χ1v) is 16.1. The predicted molar refractivity (Wildman–Crippen MR) is 168 cm³/mol. The van der Waals surface area contributed by atoms with Crippen LogP contribution in [0.2, 0.25) is 5.02 Å². The number of sulfonamides is 1. The molecule has 2 atom stereocenters. The zero-order chi connectivity index (χ0) is 31.5. The van der Waals surface area contributed by atoms with E-state index in [1.807, 2.05) is 49.9 Å². The summed E-state index contributed by atoms with van der Waals surface area (Å²) in [6.45, 7) is 10.9. The first kappa shape index (κ1) is 32.2. The molecule has 43 heavy (non-hydrogen) atoms. The minimum atomic E-state index is -4.10. The fourth-order valence-corrected chi connectivity index (χ4v) is 6.65. The second-order valence-corrected chi connectivity index (χ2v) is 14.3. The van der Waals surface area contributed by atoms with Crippen molar-refractivity contribution in [2.75, 3.05) is 13.1 Å². The first-order valence-electron chi connectivity index (χ1n) is 14.3. The van der Waals surface area contributed by atoms with Gasteiger partial charge in [0.25, 0.3) is 21.8 Å². The molecule has 0 aromatic heterocycles. The first-order chi connectivity index (χ1) is 20.2. The van der Waals surface area contributed by atoms with Crippen molar-refractivity contribution in [3.63, 3.8) is 0 Å². The van der Waals surface area contributed by atoms with Gasteiger partial charge in [-0.3, -0.25) is 14.4 Å². The largest absolute Gasteiger partial charge is 0.340 e. The van der Waals surface area contributed by atoms with Crippen LogP contribution in [0.3, 0.4) is 0 Å². The highest BCUT2D eigenvalue weighted by Gasteiger charge is 2.40. The van der Waals surface area contributed by atoms with Crippen LogP contribution in [0.1, 0.15) is 71.9 Å². The third-order valence-electron chi connectivity index (χ3n) is 7.98. The van der Waals surface area contributed by atoms with Gasteiger partial charge in [-0.2, -0.15) is 0 Å². The zero-order valence-corrected chi connectivity index (χ0v) is 26.6. The van der Waals surface area contributed by atoms with Gasteiger partial charge in [0.2, 0.25) is 5.91 Å². The molecule has 0 spiro atoms. The Bertz CT molecular complexity index is 1600. The van der Waals surface area contributed by atoms with Crippen molar-refractivity contribution < 1.29 is 22.8 Å². The third-order valence-corrected chi connectivity index (χ3v) is 9.58. The van der Waals surface area contributed by atoms with Crippen molar-refractivity contribution >= 4 is 39.3 Å². The standard InChI is InChI=1S/C33H38ClN3O5S/c1-21(2)29(32(40)37-18-17-28(33(4,5)20-37)23-11-13-26(34)14-12-23)35-30(38)24-7-6-8-25(19-24)31(39)36-43(41,42)27-15-9-22(3)10-16-27/h6-16,19,21,28-29H,17-18,20H2,1-5H3,(H,35,38)(H,36,39)/t28-,29-/m1/s1. The van der Waals surface area contributed by atoms with Crippen LogP contribution < -0.4 is 10.0 Å². The summed E-state index contributed by atoms with van der Waals surface area (Å²) in [7, 11) is -4.10. The van der Waals surface area contributed by atoms with Gasteiger partial charge in [-0.15, -0.1) is 0 Å². The summed E-state index contributed by atoms with van der Waals surface area (Å²) in [6, 6.07) is 18.9. The summed E-state index contributed by atoms with van der Waals surface area (Å²) in [5.41, 5.74) is 2.01. The molecule has 4 rings (SSSR count). The molecule has 1 heterocycles. The molecule has 1 saturated heterocycles. The normalized spacial score (nSPS) is 17.3. The number of aryl methyl sites for hydroxylation is 1. The van der Waals surface area contributed by atoms with Gasteiger partial charge in [0.05, 0.1) is 4.90 Å². The number of hydrogen-bond donors (Lipinski definition) is 2. The maximum atomic E-state index is 13.7. The van der Waals surface area contributed by atoms with Crippen LogP contribution in [-0.2, 0) is 14.8 Å². The Balaban J connectivity index is 1.45. The van der Waals surface area contributed by atoms with E-state index >= 15 is 0 Å². The van der Waals surface area contributed by atoms with Crippen LogP contribution >= 0.6 is 11.6 Å². The number of hydrogen-bond acceptors (Lipinski definition) is 5. The predicted octanol–water partition coefficient (Wildman–Crippen LogP) is 5.56. The molecule has 3 amide bonds. The van der Waals surface area contributed by atoms with Gasteiger partial charge in [-0.1, -0.05) is 75.2 Å². The second-order valence-electron chi connectivity index (χ2n) is 12.2. The molecule has 1 aliphatic rings. The number of nitrogens with one attached hydrogen (secondary N) is 2. The van der Waals surface area contributed by atoms with E-state index in [0.29, 0.717) is 18.1 Å². The number of piperidine rings is 1. The molecule has 0 unspecified atom stereocenters. The van der Waals surface area contributed by atoms with E-state index in [2.05, 4.69) is 23.9 Å². The molecule has 0 bridgehead atoms. The van der Waals surface area contributed by atoms with E-state index in [1.165, 1.54) is 42.0 Å². The van der Waals surface area contributed by atoms with Crippen LogP contribution in [0.25, 0.3) is 0 Å². The molecular formula is C33H38ClN3O5S. The monoisotopic (exact) mass is 623 g/mol. The summed E-state index contributed by atoms with van der Waals surface area (Å²) in [4.78, 5) is 41.7. The third kappa shape index (κ3) is 7.64. The summed E-state index contributed by atoms with van der Waals surface area (Å²) >= 11 is 6.08. The van der Waals surface area contributed by atoms with Crippen molar-refractivity contribution in [1.29, 1.82) is 0 Å². The molecule has 2 N–H and O–H groups in total. The van der Waals surface area contributed by atoms with Gasteiger partial charge in [-0.25, -0.2) is 13.1 Å². The van der Waals surface area contributed by atoms with Crippen molar-refractivity contribution in [2.45, 2.75) is 57.9 Å². The van der Waals surface area contributed by atoms with Crippen molar-refractivity contribution in [2.24, 2.45) is 11.3 Å². The van der Waals surface area contributed by atoms with Gasteiger partial charge >= 0.3 is 0 Å². The lowest BCUT2D eigenvalue weighted by Crippen LogP contribution is -2.55. The lowest BCUT2D eigenvalue weighted by atomic mass is 9.70. The molecular weight excluding hydrogens is 586 g/mol. The summed E-state index contributed by atoms with van der Waals surface area (Å²) < 4.78 is 27.4. The Morgan fingerprint density at radius 1 is 0.930 bits per heavy atom. The Hall–Kier alpha value is -3.69. The number of carbonyl (C=O) groups excluding carboxylic acids is 3. The maximum Gasteiger partial charge on any atom is 0.265 e. The summed E-state index contributed by atoms with van der Waals surface area (Å²) in [6.07, 6.45) is 0.780. The molecule has 1 fully saturated rings. The fraction of sp³-hybridized carbons (Fsp3) is 0.364. The number of nitrogens with zero attached hydrogens (tertiary/aromatic N) is 1. The van der Waals surface area contributed by atoms with Gasteiger partial charge < -0.3 is 10.2 Å². The maximum absolute atomic E-state index is 13.7. The lowest BCUT2D eigenvalue weighted by molar-refractivity contribution is -0.137. The number of carbonyl (C=O) groups is 3. The molecule has 0 aliphatic carbocycles. The number of benzene rings is 3. The highest BCUT2D eigenvalue weighted by Crippen LogP contribution is 2.42. The van der Waals surface area contributed by atoms with E-state index in [0.717, 1.165) is 12.0 Å². The van der Waals surface area contributed by atoms with Gasteiger partial charge in [-0.05, 0) is 78.6 Å². The zero-order valence-electron chi connectivity index (χ0n) is 25.1. The van der Waals surface area contributed by atoms with Gasteiger partial charge in [0.15, 0.2) is 0 Å². The van der Waals surface area contributed by atoms with Crippen LogP contribution in [0.4, 0.5) is 0 Å². The Morgan fingerprint density at radius 3 is 2.12 bits per heavy atom. The topological polar surface area (TPSA) is 113 Å². The second kappa shape index (κ2) is 12.9. The van der Waals surface area contributed by atoms with E-state index in [1.54, 1.807) is 12.1 Å². The Kier molecular flexibility index (Phi) is 9.66. The molecule has 3 aromatic carbocycles. The molecule has 1 aliphatic heterocycles. The number of halogens is 1. The van der Waals surface area contributed by atoms with Crippen LogP contribution in [0, 0.1) is 18.3 Å². The van der Waals surface area contributed by atoms with Crippen LogP contribution in [-0.4, -0.2) is 50.2 Å². The molecule has 3 aromatic rings. The quantitative estimate of drug-likeness (QED) is 0.341. The number of rotatable bonds is 8. The lowest BCUT2D eigenvalue weighted by Gasteiger charge is -2.45. The number of likely N-dealkylation sites (tertiary alicyclic amines) is 1. The molecule has 8 nitrogen and oxygen atoms in total. The van der Waals surface area contributed by atoms with Crippen LogP contribution in [0.5, 0.6) is 0 Å². The minimum absolute atomic E-state index is 0.00165. The molecule has 10 heteroatoms. The molecule has 0 saturated carbocycles. The Morgan fingerprint density at radius 2 is 1.53 bits per heavy atom. The Labute approximate surface area is 258 Å². The minimum Gasteiger partial charge on any atom is -0.340 e. The highest BCUT2D eigenvalue weighted by atomic mass is 35.5. The van der Waals surface area contributed by atoms with Crippen LogP contribution in [0.15, 0.2) is 77.7 Å². The molecule has 228 valence electrons. The highest BCUT2D eigenvalue weighted by molar-refractivity contribution is 7.90. The number of amides is 3. The van der Waals surface area contributed by atoms with Crippen molar-refractivity contribution in [1.82, 2.24) is 14.9 Å². The van der Waals surface area contributed by atoms with E-state index in [9.17, 15) is 22.8 Å². The average Bonchev–Trinajstić information content (AvgIpc) is 2.95. The smallest absolute Gasteiger partial charge is 0.265 e. The summed E-state index contributed by atoms with van der Waals surface area (Å²) in [5, 5.41) is 3.54. The SMILES string of the molecule is Cc1ccc(S(=O)(=O)NC(=O)c2cccc(C(=O)N[C@@H](C(=O)N3CC[C@H](c4ccc(Cl)cc4)C(C)(C)C3)C(C)C)c2)cc1. The van der Waals surface area contributed by atoms with Crippen molar-refractivity contribution in [3.05, 3.63) is 100 Å². The fourth-order valence-electron chi connectivity index (χ4n) is 5.55. The molecule has 0 radical (unpaired) electrons. The van der Waals surface area contributed by atoms with E-state index in [4.69, 9.17) is 11.6 Å².